The maximum absolute atomic E-state index is 13.8. The predicted molar refractivity (Wildman–Crippen MR) is 108 cm³/mol. The van der Waals surface area contributed by atoms with Crippen LogP contribution in [0.25, 0.3) is 22.2 Å². The van der Waals surface area contributed by atoms with Gasteiger partial charge in [-0.3, -0.25) is 4.79 Å². The van der Waals surface area contributed by atoms with Crippen LogP contribution in [0.15, 0.2) is 42.5 Å². The Morgan fingerprint density at radius 2 is 1.82 bits per heavy atom. The average Bonchev–Trinajstić information content (AvgIpc) is 3.03. The molecule has 1 amide bonds. The molecule has 0 radical (unpaired) electrons. The number of fused-ring (bicyclic) bond motifs is 1. The Morgan fingerprint density at radius 3 is 2.47 bits per heavy atom. The molecule has 0 N–H and O–H groups in total. The summed E-state index contributed by atoms with van der Waals surface area (Å²) in [5.74, 6) is -5.27. The van der Waals surface area contributed by atoms with Gasteiger partial charge in [-0.05, 0) is 23.8 Å². The summed E-state index contributed by atoms with van der Waals surface area (Å²) in [7, 11) is 0. The lowest BCUT2D eigenvalue weighted by Crippen LogP contribution is -2.41. The zero-order chi connectivity index (χ0) is 24.7. The highest BCUT2D eigenvalue weighted by molar-refractivity contribution is 5.96. The maximum Gasteiger partial charge on any atom is 0.449 e. The van der Waals surface area contributed by atoms with Crippen molar-refractivity contribution in [2.75, 3.05) is 26.3 Å². The number of imidazole rings is 1. The molecule has 0 spiro atoms. The highest BCUT2D eigenvalue weighted by Gasteiger charge is 2.39. The van der Waals surface area contributed by atoms with E-state index in [1.54, 1.807) is 0 Å². The second kappa shape index (κ2) is 8.90. The second-order valence-electron chi connectivity index (χ2n) is 7.82. The lowest BCUT2D eigenvalue weighted by atomic mass is 10.0. The zero-order valence-electron chi connectivity index (χ0n) is 17.5. The topological polar surface area (TPSA) is 47.4 Å². The summed E-state index contributed by atoms with van der Waals surface area (Å²) in [6, 6.07) is 9.76. The Kier molecular flexibility index (Phi) is 6.28. The van der Waals surface area contributed by atoms with E-state index >= 15 is 0 Å². The minimum atomic E-state index is -4.94. The van der Waals surface area contributed by atoms with E-state index in [0.717, 1.165) is 4.90 Å². The van der Waals surface area contributed by atoms with E-state index in [1.807, 2.05) is 0 Å². The first-order valence-electron chi connectivity index (χ1n) is 10.2. The van der Waals surface area contributed by atoms with Crippen molar-refractivity contribution in [2.45, 2.75) is 25.1 Å². The Balaban J connectivity index is 1.69. The first-order chi connectivity index (χ1) is 16.0. The fourth-order valence-electron chi connectivity index (χ4n) is 3.87. The van der Waals surface area contributed by atoms with Crippen LogP contribution in [0.4, 0.5) is 30.7 Å². The first-order valence-corrected chi connectivity index (χ1v) is 10.2. The molecule has 1 aliphatic rings. The van der Waals surface area contributed by atoms with Crippen LogP contribution < -0.4 is 0 Å². The molecule has 4 rings (SSSR count). The van der Waals surface area contributed by atoms with Gasteiger partial charge in [-0.25, -0.2) is 22.5 Å². The molecule has 3 aromatic rings. The third kappa shape index (κ3) is 4.86. The van der Waals surface area contributed by atoms with Crippen LogP contribution in [0.5, 0.6) is 0 Å². The Hall–Kier alpha value is -3.15. The molecule has 1 fully saturated rings. The van der Waals surface area contributed by atoms with Crippen molar-refractivity contribution in [3.63, 3.8) is 0 Å². The number of rotatable bonds is 4. The van der Waals surface area contributed by atoms with Gasteiger partial charge in [0.05, 0.1) is 30.7 Å². The maximum atomic E-state index is 13.8. The van der Waals surface area contributed by atoms with Gasteiger partial charge in [-0.15, -0.1) is 0 Å². The standard InChI is InChI=1S/C22H18F7N3O2/c23-17(24)10-32-16-3-1-2-15(18(16)30-20(32)22(27,28)29)13-4-6-14(7-5-13)19(33)31-8-9-34-12-21(25,26)11-31/h1-7,17H,8-12H2. The quantitative estimate of drug-likeness (QED) is 0.480. The molecule has 182 valence electrons. The van der Waals surface area contributed by atoms with E-state index in [0.29, 0.717) is 10.1 Å². The van der Waals surface area contributed by atoms with Gasteiger partial charge in [0.15, 0.2) is 0 Å². The summed E-state index contributed by atoms with van der Waals surface area (Å²) in [5, 5.41) is 0. The minimum Gasteiger partial charge on any atom is -0.373 e. The SMILES string of the molecule is O=C(c1ccc(-c2cccc3c2nc(C(F)(F)F)n3CC(F)F)cc1)N1CCOCC(F)(F)C1. The van der Waals surface area contributed by atoms with Gasteiger partial charge in [-0.2, -0.15) is 13.2 Å². The van der Waals surface area contributed by atoms with Crippen LogP contribution in [-0.2, 0) is 17.5 Å². The van der Waals surface area contributed by atoms with Crippen molar-refractivity contribution < 1.29 is 40.3 Å². The van der Waals surface area contributed by atoms with Gasteiger partial charge in [0.25, 0.3) is 18.3 Å². The number of halogens is 7. The van der Waals surface area contributed by atoms with Crippen LogP contribution in [0.1, 0.15) is 16.2 Å². The molecule has 2 heterocycles. The lowest BCUT2D eigenvalue weighted by Gasteiger charge is -2.23. The summed E-state index contributed by atoms with van der Waals surface area (Å²) in [6.45, 7) is -2.81. The van der Waals surface area contributed by atoms with Gasteiger partial charge in [0.1, 0.15) is 6.61 Å². The fraction of sp³-hybridized carbons (Fsp3) is 0.364. The molecule has 0 saturated carbocycles. The number of benzene rings is 2. The molecule has 1 saturated heterocycles. The van der Waals surface area contributed by atoms with E-state index in [4.69, 9.17) is 4.74 Å². The summed E-state index contributed by atoms with van der Waals surface area (Å²) in [5.41, 5.74) is 0.482. The highest BCUT2D eigenvalue weighted by atomic mass is 19.4. The Bertz CT molecular complexity index is 1190. The molecule has 34 heavy (non-hydrogen) atoms. The number of carbonyl (C=O) groups is 1. The van der Waals surface area contributed by atoms with E-state index in [9.17, 15) is 35.5 Å². The van der Waals surface area contributed by atoms with Crippen molar-refractivity contribution in [3.05, 3.63) is 53.9 Å². The average molecular weight is 489 g/mol. The van der Waals surface area contributed by atoms with Gasteiger partial charge < -0.3 is 14.2 Å². The van der Waals surface area contributed by atoms with Crippen LogP contribution in [0.2, 0.25) is 0 Å². The van der Waals surface area contributed by atoms with Gasteiger partial charge in [0, 0.05) is 17.7 Å². The number of carbonyl (C=O) groups excluding carboxylic acids is 1. The predicted octanol–water partition coefficient (Wildman–Crippen LogP) is 5.09. The normalized spacial score (nSPS) is 16.8. The number of hydrogen-bond acceptors (Lipinski definition) is 3. The summed E-state index contributed by atoms with van der Waals surface area (Å²) in [6.07, 6.45) is -7.97. The second-order valence-corrected chi connectivity index (χ2v) is 7.82. The smallest absolute Gasteiger partial charge is 0.373 e. The van der Waals surface area contributed by atoms with Gasteiger partial charge in [-0.1, -0.05) is 24.3 Å². The van der Waals surface area contributed by atoms with Crippen LogP contribution in [0.3, 0.4) is 0 Å². The molecule has 5 nitrogen and oxygen atoms in total. The van der Waals surface area contributed by atoms with E-state index in [-0.39, 0.29) is 35.3 Å². The number of hydrogen-bond donors (Lipinski definition) is 0. The molecule has 2 aromatic carbocycles. The van der Waals surface area contributed by atoms with E-state index in [2.05, 4.69) is 4.98 Å². The van der Waals surface area contributed by atoms with Crippen molar-refractivity contribution in [2.24, 2.45) is 0 Å². The monoisotopic (exact) mass is 489 g/mol. The first kappa shape index (κ1) is 24.0. The van der Waals surface area contributed by atoms with Crippen molar-refractivity contribution in [1.82, 2.24) is 14.5 Å². The number of para-hydroxylation sites is 1. The fourth-order valence-corrected chi connectivity index (χ4v) is 3.87. The summed E-state index contributed by atoms with van der Waals surface area (Å²) < 4.78 is 99.0. The molecule has 1 aliphatic heterocycles. The molecular weight excluding hydrogens is 471 g/mol. The number of alkyl halides is 7. The highest BCUT2D eigenvalue weighted by Crippen LogP contribution is 2.36. The van der Waals surface area contributed by atoms with Crippen LogP contribution >= 0.6 is 0 Å². The summed E-state index contributed by atoms with van der Waals surface area (Å²) in [4.78, 5) is 17.3. The van der Waals surface area contributed by atoms with Crippen molar-refractivity contribution in [3.8, 4) is 11.1 Å². The lowest BCUT2D eigenvalue weighted by molar-refractivity contribution is -0.147. The molecule has 0 unspecified atom stereocenters. The Morgan fingerprint density at radius 1 is 1.12 bits per heavy atom. The van der Waals surface area contributed by atoms with Gasteiger partial charge in [0.2, 0.25) is 5.82 Å². The molecule has 12 heteroatoms. The van der Waals surface area contributed by atoms with Crippen LogP contribution in [-0.4, -0.2) is 59.0 Å². The minimum absolute atomic E-state index is 0.0166. The molecule has 0 bridgehead atoms. The van der Waals surface area contributed by atoms with Gasteiger partial charge >= 0.3 is 6.18 Å². The number of amides is 1. The third-order valence-electron chi connectivity index (χ3n) is 5.32. The summed E-state index contributed by atoms with van der Waals surface area (Å²) >= 11 is 0. The molecule has 0 atom stereocenters. The Labute approximate surface area is 188 Å². The van der Waals surface area contributed by atoms with Crippen molar-refractivity contribution >= 4 is 16.9 Å². The number of ether oxygens (including phenoxy) is 1. The molecule has 0 aliphatic carbocycles. The largest absolute Gasteiger partial charge is 0.449 e. The van der Waals surface area contributed by atoms with E-state index < -0.39 is 50.0 Å². The third-order valence-corrected chi connectivity index (χ3v) is 5.32. The molecular formula is C22H18F7N3O2. The van der Waals surface area contributed by atoms with E-state index in [1.165, 1.54) is 42.5 Å². The molecule has 1 aromatic heterocycles. The zero-order valence-corrected chi connectivity index (χ0v) is 17.5. The van der Waals surface area contributed by atoms with Crippen LogP contribution in [0, 0.1) is 0 Å². The number of nitrogens with zero attached hydrogens (tertiary/aromatic N) is 3. The number of aromatic nitrogens is 2. The van der Waals surface area contributed by atoms with Crippen molar-refractivity contribution in [1.29, 1.82) is 0 Å².